The molecule has 28 heavy (non-hydrogen) atoms. The Morgan fingerprint density at radius 2 is 1.89 bits per heavy atom. The Bertz CT molecular complexity index is 570. The molecule has 2 aliphatic rings. The van der Waals surface area contributed by atoms with E-state index in [-0.39, 0.29) is 36.8 Å². The molecular formula is C21H35Cl2N3O2. The Balaban J connectivity index is 0.00000196. The molecule has 2 fully saturated rings. The van der Waals surface area contributed by atoms with E-state index in [1.165, 1.54) is 5.56 Å². The molecule has 1 saturated carbocycles. The molecule has 1 amide bonds. The summed E-state index contributed by atoms with van der Waals surface area (Å²) in [5.41, 5.74) is 7.14. The van der Waals surface area contributed by atoms with Crippen LogP contribution in [0.4, 0.5) is 0 Å². The standard InChI is InChI=1S/C21H33N3O2.2ClH/c1-17(15-23-10-12-26-13-11-23)24(16-18-6-3-2-4-7-18)21(25)20-9-5-8-19(20)14-22;;/h2-4,6-7,17,19-20H,5,8-16,22H2,1H3;2*1H/t17?,19-,20-;;/m1../s1. The highest BCUT2D eigenvalue weighted by Crippen LogP contribution is 2.33. The van der Waals surface area contributed by atoms with Crippen LogP contribution in [0, 0.1) is 11.8 Å². The molecule has 1 aliphatic heterocycles. The maximum Gasteiger partial charge on any atom is 0.226 e. The molecule has 1 heterocycles. The number of hydrogen-bond donors (Lipinski definition) is 1. The van der Waals surface area contributed by atoms with E-state index in [0.717, 1.165) is 52.1 Å². The number of benzene rings is 1. The monoisotopic (exact) mass is 431 g/mol. The number of halogens is 2. The molecule has 0 bridgehead atoms. The lowest BCUT2D eigenvalue weighted by Gasteiger charge is -2.37. The Morgan fingerprint density at radius 3 is 2.54 bits per heavy atom. The molecule has 0 spiro atoms. The molecule has 3 atom stereocenters. The second-order valence-corrected chi connectivity index (χ2v) is 7.75. The highest BCUT2D eigenvalue weighted by Gasteiger charge is 2.36. The molecule has 1 aromatic rings. The van der Waals surface area contributed by atoms with E-state index < -0.39 is 0 Å². The minimum atomic E-state index is 0. The number of amides is 1. The number of morpholine rings is 1. The van der Waals surface area contributed by atoms with Crippen molar-refractivity contribution in [1.82, 2.24) is 9.80 Å². The highest BCUT2D eigenvalue weighted by molar-refractivity contribution is 5.85. The van der Waals surface area contributed by atoms with Gasteiger partial charge >= 0.3 is 0 Å². The molecule has 0 aromatic heterocycles. The molecule has 3 rings (SSSR count). The normalized spacial score (nSPS) is 23.4. The molecule has 7 heteroatoms. The van der Waals surface area contributed by atoms with Crippen LogP contribution in [-0.2, 0) is 16.1 Å². The van der Waals surface area contributed by atoms with Crippen LogP contribution in [0.15, 0.2) is 30.3 Å². The third-order valence-electron chi connectivity index (χ3n) is 5.92. The first kappa shape index (κ1) is 25.2. The van der Waals surface area contributed by atoms with Gasteiger partial charge in [-0.15, -0.1) is 24.8 Å². The van der Waals surface area contributed by atoms with Crippen molar-refractivity contribution in [3.8, 4) is 0 Å². The van der Waals surface area contributed by atoms with Crippen LogP contribution >= 0.6 is 24.8 Å². The van der Waals surface area contributed by atoms with Gasteiger partial charge in [-0.1, -0.05) is 36.8 Å². The van der Waals surface area contributed by atoms with Crippen LogP contribution in [0.1, 0.15) is 31.7 Å². The van der Waals surface area contributed by atoms with Crippen LogP contribution in [0.5, 0.6) is 0 Å². The summed E-state index contributed by atoms with van der Waals surface area (Å²) in [6, 6.07) is 10.5. The van der Waals surface area contributed by atoms with Gasteiger partial charge in [0.25, 0.3) is 0 Å². The maximum atomic E-state index is 13.4. The van der Waals surface area contributed by atoms with Gasteiger partial charge in [0, 0.05) is 38.1 Å². The van der Waals surface area contributed by atoms with Gasteiger partial charge in [-0.2, -0.15) is 0 Å². The summed E-state index contributed by atoms with van der Waals surface area (Å²) in [5, 5.41) is 0. The molecule has 1 unspecified atom stereocenters. The number of nitrogens with two attached hydrogens (primary N) is 1. The predicted molar refractivity (Wildman–Crippen MR) is 118 cm³/mol. The van der Waals surface area contributed by atoms with E-state index in [1.54, 1.807) is 0 Å². The Morgan fingerprint density at radius 1 is 1.21 bits per heavy atom. The summed E-state index contributed by atoms with van der Waals surface area (Å²) in [7, 11) is 0. The van der Waals surface area contributed by atoms with Crippen molar-refractivity contribution in [1.29, 1.82) is 0 Å². The van der Waals surface area contributed by atoms with Crippen molar-refractivity contribution >= 4 is 30.7 Å². The highest BCUT2D eigenvalue weighted by atomic mass is 35.5. The molecule has 160 valence electrons. The first-order valence-electron chi connectivity index (χ1n) is 10.0. The van der Waals surface area contributed by atoms with Gasteiger partial charge in [-0.3, -0.25) is 9.69 Å². The summed E-state index contributed by atoms with van der Waals surface area (Å²) in [4.78, 5) is 17.9. The number of rotatable bonds is 7. The van der Waals surface area contributed by atoms with Crippen LogP contribution in [0.25, 0.3) is 0 Å². The third kappa shape index (κ3) is 6.60. The third-order valence-corrected chi connectivity index (χ3v) is 5.92. The molecule has 1 aliphatic carbocycles. The van der Waals surface area contributed by atoms with Crippen LogP contribution in [-0.4, -0.2) is 61.1 Å². The molecule has 5 nitrogen and oxygen atoms in total. The first-order valence-corrected chi connectivity index (χ1v) is 10.0. The first-order chi connectivity index (χ1) is 12.7. The summed E-state index contributed by atoms with van der Waals surface area (Å²) < 4.78 is 5.46. The fourth-order valence-corrected chi connectivity index (χ4v) is 4.34. The van der Waals surface area contributed by atoms with Gasteiger partial charge in [0.15, 0.2) is 0 Å². The zero-order valence-electron chi connectivity index (χ0n) is 16.8. The maximum absolute atomic E-state index is 13.4. The molecule has 1 aromatic carbocycles. The molecule has 2 N–H and O–H groups in total. The van der Waals surface area contributed by atoms with Crippen molar-refractivity contribution in [2.45, 2.75) is 38.8 Å². The summed E-state index contributed by atoms with van der Waals surface area (Å²) in [5.74, 6) is 0.731. The van der Waals surface area contributed by atoms with Crippen molar-refractivity contribution in [3.05, 3.63) is 35.9 Å². The summed E-state index contributed by atoms with van der Waals surface area (Å²) in [6.45, 7) is 7.87. The molecule has 0 radical (unpaired) electrons. The average Bonchev–Trinajstić information content (AvgIpc) is 3.16. The van der Waals surface area contributed by atoms with Gasteiger partial charge < -0.3 is 15.4 Å². The lowest BCUT2D eigenvalue weighted by Crippen LogP contribution is -2.50. The van der Waals surface area contributed by atoms with Crippen LogP contribution in [0.2, 0.25) is 0 Å². The van der Waals surface area contributed by atoms with Crippen LogP contribution < -0.4 is 5.73 Å². The topological polar surface area (TPSA) is 58.8 Å². The predicted octanol–water partition coefficient (Wildman–Crippen LogP) is 2.95. The Labute approximate surface area is 181 Å². The van der Waals surface area contributed by atoms with Crippen molar-refractivity contribution < 1.29 is 9.53 Å². The number of carbonyl (C=O) groups is 1. The smallest absolute Gasteiger partial charge is 0.226 e. The minimum absolute atomic E-state index is 0. The van der Waals surface area contributed by atoms with Crippen LogP contribution in [0.3, 0.4) is 0 Å². The average molecular weight is 432 g/mol. The minimum Gasteiger partial charge on any atom is -0.379 e. The van der Waals surface area contributed by atoms with Gasteiger partial charge in [0.05, 0.1) is 13.2 Å². The van der Waals surface area contributed by atoms with E-state index in [2.05, 4.69) is 28.9 Å². The summed E-state index contributed by atoms with van der Waals surface area (Å²) in [6.07, 6.45) is 3.19. The Hall–Kier alpha value is -0.850. The summed E-state index contributed by atoms with van der Waals surface area (Å²) >= 11 is 0. The van der Waals surface area contributed by atoms with Crippen molar-refractivity contribution in [3.63, 3.8) is 0 Å². The molecule has 1 saturated heterocycles. The molecular weight excluding hydrogens is 397 g/mol. The van der Waals surface area contributed by atoms with Gasteiger partial charge in [-0.05, 0) is 37.8 Å². The number of ether oxygens (including phenoxy) is 1. The fourth-order valence-electron chi connectivity index (χ4n) is 4.34. The van der Waals surface area contributed by atoms with Gasteiger partial charge in [0.2, 0.25) is 5.91 Å². The van der Waals surface area contributed by atoms with Gasteiger partial charge in [0.1, 0.15) is 0 Å². The number of hydrogen-bond acceptors (Lipinski definition) is 4. The second kappa shape index (κ2) is 12.7. The number of carbonyl (C=O) groups excluding carboxylic acids is 1. The largest absolute Gasteiger partial charge is 0.379 e. The van der Waals surface area contributed by atoms with Gasteiger partial charge in [-0.25, -0.2) is 0 Å². The lowest BCUT2D eigenvalue weighted by molar-refractivity contribution is -0.140. The Kier molecular flexibility index (Phi) is 11.4. The zero-order chi connectivity index (χ0) is 18.4. The lowest BCUT2D eigenvalue weighted by atomic mass is 9.94. The van der Waals surface area contributed by atoms with E-state index in [1.807, 2.05) is 18.2 Å². The van der Waals surface area contributed by atoms with Crippen molar-refractivity contribution in [2.75, 3.05) is 39.4 Å². The zero-order valence-corrected chi connectivity index (χ0v) is 18.4. The van der Waals surface area contributed by atoms with E-state index in [4.69, 9.17) is 10.5 Å². The number of nitrogens with zero attached hydrogens (tertiary/aromatic N) is 2. The van der Waals surface area contributed by atoms with E-state index in [9.17, 15) is 4.79 Å². The second-order valence-electron chi connectivity index (χ2n) is 7.75. The van der Waals surface area contributed by atoms with E-state index in [0.29, 0.717) is 24.9 Å². The van der Waals surface area contributed by atoms with Crippen molar-refractivity contribution in [2.24, 2.45) is 17.6 Å². The SMILES string of the molecule is CC(CN1CCOCC1)N(Cc1ccccc1)C(=O)[C@@H]1CCC[C@@H]1CN.Cl.Cl. The van der Waals surface area contributed by atoms with E-state index >= 15 is 0 Å². The fraction of sp³-hybridized carbons (Fsp3) is 0.667. The quantitative estimate of drug-likeness (QED) is 0.720.